The van der Waals surface area contributed by atoms with Crippen LogP contribution in [0.5, 0.6) is 0 Å². The molecule has 0 rings (SSSR count). The molecule has 0 bridgehead atoms. The molecule has 0 aromatic carbocycles. The molecule has 0 radical (unpaired) electrons. The average Bonchev–Trinajstić information content (AvgIpc) is 2.99. The maximum Gasteiger partial charge on any atom is 0.249 e. The summed E-state index contributed by atoms with van der Waals surface area (Å²) in [4.78, 5) is 12.4. The molecule has 42 heavy (non-hydrogen) atoms. The Morgan fingerprint density at radius 3 is 1.50 bits per heavy atom. The van der Waals surface area contributed by atoms with E-state index in [1.165, 1.54) is 83.5 Å². The standard InChI is InChI=1S/C36H69NO5/c1-3-5-7-9-11-13-15-16-17-18-19-20-22-23-25-27-29-33(39)35(41)32(31-38)37-36(42)34(40)30-28-26-24-21-14-12-10-8-6-4-2/h10,12,22-23,32-35,38-41H,3-9,11,13-21,24-31H2,1-2H3,(H,37,42)/b12-10-,23-22+. The van der Waals surface area contributed by atoms with Crippen LogP contribution in [0.1, 0.15) is 168 Å². The summed E-state index contributed by atoms with van der Waals surface area (Å²) in [5, 5.41) is 43.2. The third-order valence-corrected chi connectivity index (χ3v) is 8.13. The van der Waals surface area contributed by atoms with Crippen LogP contribution in [-0.4, -0.2) is 57.3 Å². The average molecular weight is 596 g/mol. The smallest absolute Gasteiger partial charge is 0.249 e. The lowest BCUT2D eigenvalue weighted by Gasteiger charge is -2.27. The van der Waals surface area contributed by atoms with Crippen molar-refractivity contribution in [1.82, 2.24) is 5.32 Å². The summed E-state index contributed by atoms with van der Waals surface area (Å²) < 4.78 is 0. The van der Waals surface area contributed by atoms with Crippen molar-refractivity contribution in [2.45, 2.75) is 192 Å². The number of carbonyl (C=O) groups excluding carboxylic acids is 1. The van der Waals surface area contributed by atoms with E-state index in [-0.39, 0.29) is 0 Å². The minimum atomic E-state index is -1.28. The van der Waals surface area contributed by atoms with Gasteiger partial charge in [0.15, 0.2) is 0 Å². The normalized spacial score (nSPS) is 14.9. The maximum absolute atomic E-state index is 12.4. The van der Waals surface area contributed by atoms with Gasteiger partial charge < -0.3 is 25.7 Å². The van der Waals surface area contributed by atoms with Gasteiger partial charge >= 0.3 is 0 Å². The monoisotopic (exact) mass is 596 g/mol. The first-order valence-electron chi connectivity index (χ1n) is 17.7. The quantitative estimate of drug-likeness (QED) is 0.0411. The molecule has 6 nitrogen and oxygen atoms in total. The molecule has 0 saturated carbocycles. The Morgan fingerprint density at radius 1 is 0.571 bits per heavy atom. The molecule has 4 atom stereocenters. The van der Waals surface area contributed by atoms with E-state index in [2.05, 4.69) is 43.5 Å². The Bertz CT molecular complexity index is 638. The van der Waals surface area contributed by atoms with Crippen LogP contribution in [0, 0.1) is 0 Å². The van der Waals surface area contributed by atoms with Gasteiger partial charge in [-0.25, -0.2) is 0 Å². The first-order valence-corrected chi connectivity index (χ1v) is 17.7. The molecule has 4 unspecified atom stereocenters. The number of rotatable bonds is 31. The molecule has 5 N–H and O–H groups in total. The zero-order chi connectivity index (χ0) is 31.1. The second-order valence-electron chi connectivity index (χ2n) is 12.2. The predicted octanol–water partition coefficient (Wildman–Crippen LogP) is 8.06. The Labute approximate surface area is 259 Å². The summed E-state index contributed by atoms with van der Waals surface area (Å²) in [5.41, 5.74) is 0. The van der Waals surface area contributed by atoms with Gasteiger partial charge in [0.2, 0.25) is 5.91 Å². The van der Waals surface area contributed by atoms with E-state index >= 15 is 0 Å². The number of carbonyl (C=O) groups is 1. The summed E-state index contributed by atoms with van der Waals surface area (Å²) in [7, 11) is 0. The minimum Gasteiger partial charge on any atom is -0.394 e. The predicted molar refractivity (Wildman–Crippen MR) is 177 cm³/mol. The second kappa shape index (κ2) is 31.2. The highest BCUT2D eigenvalue weighted by Gasteiger charge is 2.28. The van der Waals surface area contributed by atoms with Crippen molar-refractivity contribution in [1.29, 1.82) is 0 Å². The highest BCUT2D eigenvalue weighted by Crippen LogP contribution is 2.14. The number of aliphatic hydroxyl groups excluding tert-OH is 4. The van der Waals surface area contributed by atoms with Gasteiger partial charge in [0.05, 0.1) is 18.8 Å². The number of allylic oxidation sites excluding steroid dienone is 4. The molecular formula is C36H69NO5. The lowest BCUT2D eigenvalue weighted by Crippen LogP contribution is -2.53. The highest BCUT2D eigenvalue weighted by atomic mass is 16.3. The lowest BCUT2D eigenvalue weighted by molar-refractivity contribution is -0.132. The summed E-state index contributed by atoms with van der Waals surface area (Å²) in [5.74, 6) is -0.607. The van der Waals surface area contributed by atoms with Crippen molar-refractivity contribution in [2.75, 3.05) is 6.61 Å². The zero-order valence-corrected chi connectivity index (χ0v) is 27.5. The molecule has 0 heterocycles. The van der Waals surface area contributed by atoms with E-state index in [0.29, 0.717) is 12.8 Å². The Kier molecular flexibility index (Phi) is 30.3. The number of amides is 1. The molecule has 248 valence electrons. The largest absolute Gasteiger partial charge is 0.394 e. The molecular weight excluding hydrogens is 526 g/mol. The van der Waals surface area contributed by atoms with E-state index in [9.17, 15) is 25.2 Å². The van der Waals surface area contributed by atoms with E-state index in [1.54, 1.807) is 0 Å². The van der Waals surface area contributed by atoms with Gasteiger partial charge in [-0.05, 0) is 57.8 Å². The van der Waals surface area contributed by atoms with Crippen LogP contribution >= 0.6 is 0 Å². The molecule has 0 aliphatic carbocycles. The molecule has 0 fully saturated rings. The van der Waals surface area contributed by atoms with E-state index in [0.717, 1.165) is 57.8 Å². The Balaban J connectivity index is 3.89. The summed E-state index contributed by atoms with van der Waals surface area (Å²) in [6.45, 7) is 3.96. The maximum atomic E-state index is 12.4. The van der Waals surface area contributed by atoms with Crippen LogP contribution in [0.15, 0.2) is 24.3 Å². The molecule has 0 saturated heterocycles. The highest BCUT2D eigenvalue weighted by molar-refractivity contribution is 5.80. The van der Waals surface area contributed by atoms with Crippen LogP contribution in [0.2, 0.25) is 0 Å². The van der Waals surface area contributed by atoms with Crippen LogP contribution in [0.25, 0.3) is 0 Å². The van der Waals surface area contributed by atoms with Gasteiger partial charge in [0.1, 0.15) is 12.2 Å². The van der Waals surface area contributed by atoms with Crippen LogP contribution in [0.4, 0.5) is 0 Å². The van der Waals surface area contributed by atoms with Crippen LogP contribution in [-0.2, 0) is 4.79 Å². The van der Waals surface area contributed by atoms with Gasteiger partial charge in [-0.2, -0.15) is 0 Å². The Hall–Kier alpha value is -1.21. The van der Waals surface area contributed by atoms with E-state index < -0.39 is 36.9 Å². The fraction of sp³-hybridized carbons (Fsp3) is 0.861. The fourth-order valence-corrected chi connectivity index (χ4v) is 5.21. The fourth-order valence-electron chi connectivity index (χ4n) is 5.21. The van der Waals surface area contributed by atoms with Gasteiger partial charge in [-0.3, -0.25) is 4.79 Å². The first kappa shape index (κ1) is 40.8. The number of nitrogens with one attached hydrogen (secondary N) is 1. The molecule has 6 heteroatoms. The minimum absolute atomic E-state index is 0.348. The van der Waals surface area contributed by atoms with Crippen molar-refractivity contribution in [2.24, 2.45) is 0 Å². The summed E-state index contributed by atoms with van der Waals surface area (Å²) in [6, 6.07) is -1.00. The number of hydrogen-bond donors (Lipinski definition) is 5. The van der Waals surface area contributed by atoms with Crippen molar-refractivity contribution in [3.63, 3.8) is 0 Å². The van der Waals surface area contributed by atoms with Gasteiger partial charge in [-0.15, -0.1) is 0 Å². The number of hydrogen-bond acceptors (Lipinski definition) is 5. The van der Waals surface area contributed by atoms with Crippen molar-refractivity contribution in [3.8, 4) is 0 Å². The van der Waals surface area contributed by atoms with Crippen LogP contribution < -0.4 is 5.32 Å². The number of unbranched alkanes of at least 4 members (excludes halogenated alkanes) is 18. The number of aliphatic hydroxyl groups is 4. The lowest BCUT2D eigenvalue weighted by atomic mass is 10.00. The third kappa shape index (κ3) is 25.3. The molecule has 0 aliphatic rings. The van der Waals surface area contributed by atoms with E-state index in [4.69, 9.17) is 0 Å². The molecule has 0 aliphatic heterocycles. The van der Waals surface area contributed by atoms with E-state index in [1.807, 2.05) is 0 Å². The Morgan fingerprint density at radius 2 is 1.00 bits per heavy atom. The summed E-state index contributed by atoms with van der Waals surface area (Å²) >= 11 is 0. The topological polar surface area (TPSA) is 110 Å². The van der Waals surface area contributed by atoms with Crippen LogP contribution in [0.3, 0.4) is 0 Å². The summed E-state index contributed by atoms with van der Waals surface area (Å²) in [6.07, 6.45) is 32.0. The van der Waals surface area contributed by atoms with Gasteiger partial charge in [0.25, 0.3) is 0 Å². The molecule has 0 aromatic rings. The molecule has 0 spiro atoms. The van der Waals surface area contributed by atoms with Crippen molar-refractivity contribution >= 4 is 5.91 Å². The molecule has 1 amide bonds. The van der Waals surface area contributed by atoms with Crippen molar-refractivity contribution in [3.05, 3.63) is 24.3 Å². The van der Waals surface area contributed by atoms with Crippen molar-refractivity contribution < 1.29 is 25.2 Å². The first-order chi connectivity index (χ1) is 20.5. The second-order valence-corrected chi connectivity index (χ2v) is 12.2. The van der Waals surface area contributed by atoms with Gasteiger partial charge in [0, 0.05) is 0 Å². The third-order valence-electron chi connectivity index (χ3n) is 8.13. The van der Waals surface area contributed by atoms with Gasteiger partial charge in [-0.1, -0.05) is 134 Å². The SMILES string of the molecule is CCCC/C=C\CCCCCCC(O)C(=O)NC(CO)C(O)C(O)CCC/C=C/CCCCCCCCCCCCC. The molecule has 0 aromatic heterocycles. The zero-order valence-electron chi connectivity index (χ0n) is 27.5.